The molecule has 0 saturated carbocycles. The third kappa shape index (κ3) is 3.73. The van der Waals surface area contributed by atoms with Crippen molar-refractivity contribution in [2.45, 2.75) is 39.4 Å². The topological polar surface area (TPSA) is 47.8 Å². The van der Waals surface area contributed by atoms with Gasteiger partial charge in [-0.25, -0.2) is 0 Å². The van der Waals surface area contributed by atoms with E-state index in [1.807, 2.05) is 51.1 Å². The van der Waals surface area contributed by atoms with Crippen LogP contribution in [0.15, 0.2) is 35.5 Å². The van der Waals surface area contributed by atoms with Gasteiger partial charge in [0.1, 0.15) is 5.78 Å². The van der Waals surface area contributed by atoms with Crippen LogP contribution in [-0.2, 0) is 11.3 Å². The number of aromatic nitrogens is 3. The van der Waals surface area contributed by atoms with Gasteiger partial charge in [0.15, 0.2) is 11.0 Å². The Labute approximate surface area is 130 Å². The Kier molecular flexibility index (Phi) is 4.83. The summed E-state index contributed by atoms with van der Waals surface area (Å²) in [7, 11) is 0. The van der Waals surface area contributed by atoms with Crippen molar-refractivity contribution in [2.24, 2.45) is 5.41 Å². The summed E-state index contributed by atoms with van der Waals surface area (Å²) in [5.41, 5.74) is 0.729. The van der Waals surface area contributed by atoms with Crippen LogP contribution in [0.25, 0.3) is 11.4 Å². The summed E-state index contributed by atoms with van der Waals surface area (Å²) in [6, 6.07) is 9.99. The number of ketones is 1. The molecule has 0 atom stereocenters. The first kappa shape index (κ1) is 15.8. The quantitative estimate of drug-likeness (QED) is 0.791. The fourth-order valence-electron chi connectivity index (χ4n) is 1.83. The zero-order valence-electron chi connectivity index (χ0n) is 13.0. The molecular weight excluding hydrogens is 282 g/mol. The summed E-state index contributed by atoms with van der Waals surface area (Å²) in [6.45, 7) is 8.66. The van der Waals surface area contributed by atoms with E-state index in [1.54, 1.807) is 0 Å². The molecule has 2 aromatic rings. The summed E-state index contributed by atoms with van der Waals surface area (Å²) in [5.74, 6) is 1.50. The van der Waals surface area contributed by atoms with Crippen LogP contribution in [0.1, 0.15) is 27.7 Å². The van der Waals surface area contributed by atoms with Gasteiger partial charge in [0.05, 0.1) is 5.75 Å². The van der Waals surface area contributed by atoms with Gasteiger partial charge in [0.25, 0.3) is 0 Å². The minimum Gasteiger partial charge on any atom is -0.302 e. The number of hydrogen-bond donors (Lipinski definition) is 0. The molecule has 0 radical (unpaired) electrons. The Morgan fingerprint density at radius 3 is 2.43 bits per heavy atom. The first-order valence-electron chi connectivity index (χ1n) is 7.08. The van der Waals surface area contributed by atoms with E-state index in [4.69, 9.17) is 0 Å². The lowest BCUT2D eigenvalue weighted by Crippen LogP contribution is -2.22. The van der Waals surface area contributed by atoms with E-state index in [-0.39, 0.29) is 11.2 Å². The van der Waals surface area contributed by atoms with E-state index in [2.05, 4.69) is 21.7 Å². The van der Waals surface area contributed by atoms with E-state index in [1.165, 1.54) is 11.8 Å². The molecule has 1 aromatic carbocycles. The normalized spacial score (nSPS) is 11.6. The lowest BCUT2D eigenvalue weighted by molar-refractivity contribution is -0.123. The van der Waals surface area contributed by atoms with E-state index >= 15 is 0 Å². The summed E-state index contributed by atoms with van der Waals surface area (Å²) in [5, 5.41) is 9.32. The molecule has 2 rings (SSSR count). The summed E-state index contributed by atoms with van der Waals surface area (Å²) in [4.78, 5) is 12.0. The van der Waals surface area contributed by atoms with Gasteiger partial charge < -0.3 is 4.57 Å². The van der Waals surface area contributed by atoms with Gasteiger partial charge in [-0.15, -0.1) is 10.2 Å². The molecular formula is C16H21N3OS. The Hall–Kier alpha value is -1.62. The average molecular weight is 303 g/mol. The van der Waals surface area contributed by atoms with Crippen molar-refractivity contribution in [1.82, 2.24) is 14.8 Å². The fourth-order valence-corrected chi connectivity index (χ4v) is 2.99. The number of carbonyl (C=O) groups is 1. The van der Waals surface area contributed by atoms with Gasteiger partial charge in [-0.05, 0) is 6.92 Å². The van der Waals surface area contributed by atoms with E-state index in [0.717, 1.165) is 23.1 Å². The highest BCUT2D eigenvalue weighted by molar-refractivity contribution is 7.99. The molecule has 0 saturated heterocycles. The Balaban J connectivity index is 2.19. The maximum absolute atomic E-state index is 12.0. The molecule has 0 aliphatic heterocycles. The predicted molar refractivity (Wildman–Crippen MR) is 86.3 cm³/mol. The van der Waals surface area contributed by atoms with Crippen molar-refractivity contribution in [3.05, 3.63) is 30.3 Å². The highest BCUT2D eigenvalue weighted by Crippen LogP contribution is 2.26. The Morgan fingerprint density at radius 1 is 1.19 bits per heavy atom. The van der Waals surface area contributed by atoms with Gasteiger partial charge in [-0.1, -0.05) is 62.9 Å². The van der Waals surface area contributed by atoms with Crippen LogP contribution in [0.3, 0.4) is 0 Å². The van der Waals surface area contributed by atoms with Crippen LogP contribution in [0.4, 0.5) is 0 Å². The lowest BCUT2D eigenvalue weighted by atomic mass is 9.92. The van der Waals surface area contributed by atoms with Crippen LogP contribution in [-0.4, -0.2) is 26.3 Å². The van der Waals surface area contributed by atoms with E-state index in [0.29, 0.717) is 5.75 Å². The van der Waals surface area contributed by atoms with Crippen LogP contribution >= 0.6 is 11.8 Å². The Morgan fingerprint density at radius 2 is 1.86 bits per heavy atom. The standard InChI is InChI=1S/C16H21N3OS/c1-5-19-14(12-9-7-6-8-10-12)17-18-15(19)21-11-13(20)16(2,3)4/h6-10H,5,11H2,1-4H3. The molecule has 0 N–H and O–H groups in total. The minimum atomic E-state index is -0.313. The maximum Gasteiger partial charge on any atom is 0.191 e. The number of hydrogen-bond acceptors (Lipinski definition) is 4. The van der Waals surface area contributed by atoms with E-state index in [9.17, 15) is 4.79 Å². The monoisotopic (exact) mass is 303 g/mol. The number of rotatable bonds is 5. The fraction of sp³-hybridized carbons (Fsp3) is 0.438. The van der Waals surface area contributed by atoms with Crippen molar-refractivity contribution in [3.63, 3.8) is 0 Å². The molecule has 0 amide bonds. The third-order valence-electron chi connectivity index (χ3n) is 3.23. The number of thioether (sulfide) groups is 1. The van der Waals surface area contributed by atoms with Crippen LogP contribution in [0, 0.1) is 5.41 Å². The second-order valence-corrected chi connectivity index (χ2v) is 6.82. The number of Topliss-reactive ketones (excluding diaryl/α,β-unsaturated/α-hetero) is 1. The smallest absolute Gasteiger partial charge is 0.191 e. The van der Waals surface area contributed by atoms with Crippen molar-refractivity contribution >= 4 is 17.5 Å². The maximum atomic E-state index is 12.0. The minimum absolute atomic E-state index is 0.222. The van der Waals surface area contributed by atoms with Gasteiger partial charge in [-0.2, -0.15) is 0 Å². The molecule has 5 heteroatoms. The zero-order chi connectivity index (χ0) is 15.5. The second kappa shape index (κ2) is 6.43. The molecule has 0 spiro atoms. The van der Waals surface area contributed by atoms with Gasteiger partial charge in [0.2, 0.25) is 0 Å². The van der Waals surface area contributed by atoms with Gasteiger partial charge >= 0.3 is 0 Å². The largest absolute Gasteiger partial charge is 0.302 e. The number of nitrogens with zero attached hydrogens (tertiary/aromatic N) is 3. The summed E-state index contributed by atoms with van der Waals surface area (Å²) in [6.07, 6.45) is 0. The average Bonchev–Trinajstić information content (AvgIpc) is 2.87. The van der Waals surface area contributed by atoms with Crippen molar-refractivity contribution in [3.8, 4) is 11.4 Å². The Bertz CT molecular complexity index is 614. The lowest BCUT2D eigenvalue weighted by Gasteiger charge is -2.15. The van der Waals surface area contributed by atoms with Crippen LogP contribution in [0.5, 0.6) is 0 Å². The van der Waals surface area contributed by atoms with Crippen molar-refractivity contribution in [2.75, 3.05) is 5.75 Å². The van der Waals surface area contributed by atoms with Gasteiger partial charge in [0, 0.05) is 17.5 Å². The van der Waals surface area contributed by atoms with E-state index < -0.39 is 0 Å². The third-order valence-corrected chi connectivity index (χ3v) is 4.20. The summed E-state index contributed by atoms with van der Waals surface area (Å²) >= 11 is 1.46. The zero-order valence-corrected chi connectivity index (χ0v) is 13.8. The van der Waals surface area contributed by atoms with Gasteiger partial charge in [-0.3, -0.25) is 4.79 Å². The summed E-state index contributed by atoms with van der Waals surface area (Å²) < 4.78 is 2.05. The first-order valence-corrected chi connectivity index (χ1v) is 8.06. The molecule has 1 aromatic heterocycles. The molecule has 0 aliphatic carbocycles. The van der Waals surface area contributed by atoms with Crippen molar-refractivity contribution < 1.29 is 4.79 Å². The number of benzene rings is 1. The van der Waals surface area contributed by atoms with Crippen LogP contribution in [0.2, 0.25) is 0 Å². The molecule has 0 bridgehead atoms. The van der Waals surface area contributed by atoms with Crippen molar-refractivity contribution in [1.29, 1.82) is 0 Å². The molecule has 0 fully saturated rings. The molecule has 112 valence electrons. The molecule has 0 aliphatic rings. The highest BCUT2D eigenvalue weighted by Gasteiger charge is 2.22. The molecule has 4 nitrogen and oxygen atoms in total. The van der Waals surface area contributed by atoms with Crippen LogP contribution < -0.4 is 0 Å². The first-order chi connectivity index (χ1) is 9.93. The predicted octanol–water partition coefficient (Wildman–Crippen LogP) is 3.67. The second-order valence-electron chi connectivity index (χ2n) is 5.88. The molecule has 0 unspecified atom stereocenters. The molecule has 1 heterocycles. The highest BCUT2D eigenvalue weighted by atomic mass is 32.2. The SMILES string of the molecule is CCn1c(SCC(=O)C(C)(C)C)nnc1-c1ccccc1. The molecule has 21 heavy (non-hydrogen) atoms. The number of carbonyl (C=O) groups excluding carboxylic acids is 1.